The van der Waals surface area contributed by atoms with Crippen molar-refractivity contribution in [3.05, 3.63) is 35.4 Å². The minimum atomic E-state index is -1.09. The average Bonchev–Trinajstić information content (AvgIpc) is 2.77. The van der Waals surface area contributed by atoms with Gasteiger partial charge in [-0.25, -0.2) is 13.6 Å². The minimum Gasteiger partial charge on any atom is -0.480 e. The molecule has 1 fully saturated rings. The van der Waals surface area contributed by atoms with Crippen molar-refractivity contribution >= 4 is 23.6 Å². The van der Waals surface area contributed by atoms with Crippen molar-refractivity contribution in [3.8, 4) is 0 Å². The SMILES string of the molecule is CC1SCC(C(=O)O)N1C(=O)Cc1cccc(F)c1F. The molecule has 0 bridgehead atoms. The van der Waals surface area contributed by atoms with Crippen molar-refractivity contribution < 1.29 is 23.5 Å². The largest absolute Gasteiger partial charge is 0.480 e. The third kappa shape index (κ3) is 2.77. The number of hydrogen-bond acceptors (Lipinski definition) is 3. The fourth-order valence-electron chi connectivity index (χ4n) is 2.15. The van der Waals surface area contributed by atoms with Crippen LogP contribution in [-0.2, 0) is 16.0 Å². The summed E-state index contributed by atoms with van der Waals surface area (Å²) in [6.07, 6.45) is -0.349. The molecule has 0 spiro atoms. The molecule has 1 heterocycles. The number of carboxylic acids is 1. The van der Waals surface area contributed by atoms with Gasteiger partial charge in [-0.3, -0.25) is 4.79 Å². The Hall–Kier alpha value is -1.63. The molecule has 1 aromatic rings. The van der Waals surface area contributed by atoms with Crippen LogP contribution in [0.5, 0.6) is 0 Å². The molecule has 0 saturated carbocycles. The van der Waals surface area contributed by atoms with E-state index in [1.807, 2.05) is 0 Å². The van der Waals surface area contributed by atoms with Crippen LogP contribution >= 0.6 is 11.8 Å². The molecule has 1 aliphatic rings. The first-order chi connectivity index (χ1) is 9.41. The molecule has 2 rings (SSSR count). The number of rotatable bonds is 3. The van der Waals surface area contributed by atoms with Gasteiger partial charge in [0.1, 0.15) is 6.04 Å². The molecular weight excluding hydrogens is 288 g/mol. The van der Waals surface area contributed by atoms with Crippen molar-refractivity contribution in [2.45, 2.75) is 24.8 Å². The summed E-state index contributed by atoms with van der Waals surface area (Å²) in [6, 6.07) is 2.69. The fraction of sp³-hybridized carbons (Fsp3) is 0.385. The Morgan fingerprint density at radius 2 is 2.15 bits per heavy atom. The van der Waals surface area contributed by atoms with E-state index >= 15 is 0 Å². The first-order valence-corrected chi connectivity index (χ1v) is 7.05. The van der Waals surface area contributed by atoms with Crippen molar-refractivity contribution in [1.82, 2.24) is 4.90 Å². The van der Waals surface area contributed by atoms with Crippen molar-refractivity contribution in [3.63, 3.8) is 0 Å². The third-order valence-electron chi connectivity index (χ3n) is 3.17. The molecule has 1 amide bonds. The van der Waals surface area contributed by atoms with Crippen LogP contribution in [0.4, 0.5) is 8.78 Å². The zero-order valence-electron chi connectivity index (χ0n) is 10.7. The molecule has 1 aliphatic heterocycles. The van der Waals surface area contributed by atoms with Crippen molar-refractivity contribution in [2.24, 2.45) is 0 Å². The number of carbonyl (C=O) groups excluding carboxylic acids is 1. The molecule has 1 saturated heterocycles. The molecule has 20 heavy (non-hydrogen) atoms. The van der Waals surface area contributed by atoms with Gasteiger partial charge in [-0.2, -0.15) is 0 Å². The summed E-state index contributed by atoms with van der Waals surface area (Å²) < 4.78 is 26.6. The highest BCUT2D eigenvalue weighted by atomic mass is 32.2. The highest BCUT2D eigenvalue weighted by Crippen LogP contribution is 2.29. The van der Waals surface area contributed by atoms with Crippen LogP contribution in [0.15, 0.2) is 18.2 Å². The maximum atomic E-state index is 13.5. The molecular formula is C13H13F2NO3S. The van der Waals surface area contributed by atoms with Gasteiger partial charge in [0.25, 0.3) is 0 Å². The lowest BCUT2D eigenvalue weighted by atomic mass is 10.1. The lowest BCUT2D eigenvalue weighted by molar-refractivity contribution is -0.148. The molecule has 2 unspecified atom stereocenters. The van der Waals surface area contributed by atoms with Gasteiger partial charge < -0.3 is 10.0 Å². The highest BCUT2D eigenvalue weighted by Gasteiger charge is 2.39. The number of carboxylic acid groups (broad SMARTS) is 1. The summed E-state index contributed by atoms with van der Waals surface area (Å²) in [4.78, 5) is 24.5. The zero-order valence-corrected chi connectivity index (χ0v) is 11.5. The Bertz CT molecular complexity index is 552. The molecule has 1 N–H and O–H groups in total. The van der Waals surface area contributed by atoms with E-state index in [1.165, 1.54) is 28.8 Å². The van der Waals surface area contributed by atoms with Gasteiger partial charge in [0.15, 0.2) is 11.6 Å². The second-order valence-electron chi connectivity index (χ2n) is 4.48. The fourth-order valence-corrected chi connectivity index (χ4v) is 3.34. The average molecular weight is 301 g/mol. The molecule has 108 valence electrons. The van der Waals surface area contributed by atoms with Crippen LogP contribution in [0.1, 0.15) is 12.5 Å². The Morgan fingerprint density at radius 1 is 1.45 bits per heavy atom. The molecule has 7 heteroatoms. The number of halogens is 2. The first kappa shape index (κ1) is 14.8. The van der Waals surface area contributed by atoms with Crippen LogP contribution in [0.3, 0.4) is 0 Å². The van der Waals surface area contributed by atoms with E-state index in [4.69, 9.17) is 5.11 Å². The normalized spacial score (nSPS) is 22.1. The van der Waals surface area contributed by atoms with Crippen molar-refractivity contribution in [2.75, 3.05) is 5.75 Å². The number of carbonyl (C=O) groups is 2. The summed E-state index contributed by atoms with van der Waals surface area (Å²) >= 11 is 1.34. The summed E-state index contributed by atoms with van der Waals surface area (Å²) in [5, 5.41) is 8.78. The maximum Gasteiger partial charge on any atom is 0.327 e. The van der Waals surface area contributed by atoms with E-state index in [0.717, 1.165) is 6.07 Å². The van der Waals surface area contributed by atoms with Gasteiger partial charge in [-0.05, 0) is 13.0 Å². The number of amides is 1. The third-order valence-corrected chi connectivity index (χ3v) is 4.39. The molecule has 0 radical (unpaired) electrons. The Balaban J connectivity index is 2.19. The molecule has 1 aromatic carbocycles. The highest BCUT2D eigenvalue weighted by molar-refractivity contribution is 8.00. The summed E-state index contributed by atoms with van der Waals surface area (Å²) in [5.41, 5.74) is -0.0664. The summed E-state index contributed by atoms with van der Waals surface area (Å²) in [6.45, 7) is 1.72. The van der Waals surface area contributed by atoms with Gasteiger partial charge in [-0.15, -0.1) is 11.8 Å². The van der Waals surface area contributed by atoms with E-state index in [0.29, 0.717) is 5.75 Å². The Kier molecular flexibility index (Phi) is 4.27. The molecule has 2 atom stereocenters. The maximum absolute atomic E-state index is 13.5. The van der Waals surface area contributed by atoms with E-state index in [9.17, 15) is 18.4 Å². The van der Waals surface area contributed by atoms with Crippen LogP contribution in [0, 0.1) is 11.6 Å². The minimum absolute atomic E-state index is 0.0664. The number of thioether (sulfide) groups is 1. The summed E-state index contributed by atoms with van der Waals surface area (Å²) in [5.74, 6) is -3.39. The predicted molar refractivity (Wildman–Crippen MR) is 70.3 cm³/mol. The van der Waals surface area contributed by atoms with E-state index in [2.05, 4.69) is 0 Å². The van der Waals surface area contributed by atoms with Crippen LogP contribution < -0.4 is 0 Å². The van der Waals surface area contributed by atoms with Crippen LogP contribution in [-0.4, -0.2) is 39.1 Å². The van der Waals surface area contributed by atoms with Gasteiger partial charge in [0.2, 0.25) is 5.91 Å². The van der Waals surface area contributed by atoms with Gasteiger partial charge in [0, 0.05) is 11.3 Å². The van der Waals surface area contributed by atoms with Gasteiger partial charge in [0.05, 0.1) is 11.8 Å². The predicted octanol–water partition coefficient (Wildman–Crippen LogP) is 1.88. The lowest BCUT2D eigenvalue weighted by Crippen LogP contribution is -2.45. The smallest absolute Gasteiger partial charge is 0.327 e. The zero-order chi connectivity index (χ0) is 14.9. The molecule has 0 aliphatic carbocycles. The molecule has 0 aromatic heterocycles. The Labute approximate surface area is 118 Å². The van der Waals surface area contributed by atoms with Crippen molar-refractivity contribution in [1.29, 1.82) is 0 Å². The number of benzene rings is 1. The van der Waals surface area contributed by atoms with Gasteiger partial charge >= 0.3 is 5.97 Å². The Morgan fingerprint density at radius 3 is 2.80 bits per heavy atom. The second-order valence-corrected chi connectivity index (χ2v) is 5.83. The quantitative estimate of drug-likeness (QED) is 0.926. The number of nitrogens with zero attached hydrogens (tertiary/aromatic N) is 1. The standard InChI is InChI=1S/C13H13F2NO3S/c1-7-16(10(6-20-7)13(18)19)11(17)5-8-3-2-4-9(14)12(8)15/h2-4,7,10H,5-6H2,1H3,(H,18,19). The second kappa shape index (κ2) is 5.78. The van der Waals surface area contributed by atoms with E-state index < -0.39 is 29.6 Å². The van der Waals surface area contributed by atoms with Crippen LogP contribution in [0.25, 0.3) is 0 Å². The van der Waals surface area contributed by atoms with Gasteiger partial charge in [-0.1, -0.05) is 12.1 Å². The molecule has 4 nitrogen and oxygen atoms in total. The topological polar surface area (TPSA) is 57.6 Å². The monoisotopic (exact) mass is 301 g/mol. The first-order valence-electron chi connectivity index (χ1n) is 6.00. The number of hydrogen-bond donors (Lipinski definition) is 1. The van der Waals surface area contributed by atoms with Crippen LogP contribution in [0.2, 0.25) is 0 Å². The van der Waals surface area contributed by atoms with E-state index in [-0.39, 0.29) is 17.4 Å². The lowest BCUT2D eigenvalue weighted by Gasteiger charge is -2.25. The number of aliphatic carboxylic acids is 1. The van der Waals surface area contributed by atoms with E-state index in [1.54, 1.807) is 6.92 Å². The summed E-state index contributed by atoms with van der Waals surface area (Å²) in [7, 11) is 0.